The van der Waals surface area contributed by atoms with Gasteiger partial charge in [-0.15, -0.1) is 0 Å². The predicted octanol–water partition coefficient (Wildman–Crippen LogP) is 4.26. The van der Waals surface area contributed by atoms with Gasteiger partial charge in [-0.05, 0) is 17.8 Å². The summed E-state index contributed by atoms with van der Waals surface area (Å²) >= 11 is 0. The summed E-state index contributed by atoms with van der Waals surface area (Å²) < 4.78 is 37.5. The monoisotopic (exact) mass is 196 g/mol. The van der Waals surface area contributed by atoms with E-state index in [9.17, 15) is 13.2 Å². The van der Waals surface area contributed by atoms with Gasteiger partial charge in [0.2, 0.25) is 0 Å². The second kappa shape index (κ2) is 3.89. The Balaban J connectivity index is 4.47. The average Bonchev–Trinajstić information content (AvgIpc) is 1.77. The van der Waals surface area contributed by atoms with E-state index in [1.54, 1.807) is 13.8 Å². The highest BCUT2D eigenvalue weighted by molar-refractivity contribution is 4.76. The van der Waals surface area contributed by atoms with Crippen LogP contribution in [-0.2, 0) is 0 Å². The molecule has 0 rings (SSSR count). The Hall–Kier alpha value is -0.210. The molecule has 1 unspecified atom stereocenters. The van der Waals surface area contributed by atoms with Crippen LogP contribution in [0, 0.1) is 17.3 Å². The van der Waals surface area contributed by atoms with Crippen molar-refractivity contribution in [3.63, 3.8) is 0 Å². The Morgan fingerprint density at radius 1 is 1.00 bits per heavy atom. The Labute approximate surface area is 78.5 Å². The van der Waals surface area contributed by atoms with Crippen molar-refractivity contribution in [3.8, 4) is 0 Å². The molecule has 0 heterocycles. The van der Waals surface area contributed by atoms with E-state index in [4.69, 9.17) is 0 Å². The Morgan fingerprint density at radius 3 is 1.46 bits per heavy atom. The van der Waals surface area contributed by atoms with Crippen LogP contribution in [0.4, 0.5) is 13.2 Å². The lowest BCUT2D eigenvalue weighted by Gasteiger charge is -2.30. The highest BCUT2D eigenvalue weighted by Crippen LogP contribution is 2.39. The second-order valence-corrected chi connectivity index (χ2v) is 5.16. The van der Waals surface area contributed by atoms with Crippen LogP contribution in [0.25, 0.3) is 0 Å². The van der Waals surface area contributed by atoms with Gasteiger partial charge in [-0.2, -0.15) is 13.2 Å². The summed E-state index contributed by atoms with van der Waals surface area (Å²) in [6.45, 7) is 8.78. The van der Waals surface area contributed by atoms with Gasteiger partial charge in [0, 0.05) is 0 Å². The molecule has 80 valence electrons. The van der Waals surface area contributed by atoms with Crippen molar-refractivity contribution in [2.24, 2.45) is 17.3 Å². The standard InChI is InChI=1S/C10H19F3/c1-7(2)8(10(11,12)13)6-9(3,4)5/h7-8H,6H2,1-5H3. The van der Waals surface area contributed by atoms with Crippen molar-refractivity contribution in [1.82, 2.24) is 0 Å². The maximum atomic E-state index is 12.5. The van der Waals surface area contributed by atoms with Gasteiger partial charge in [-0.25, -0.2) is 0 Å². The van der Waals surface area contributed by atoms with E-state index >= 15 is 0 Å². The van der Waals surface area contributed by atoms with Crippen molar-refractivity contribution in [1.29, 1.82) is 0 Å². The maximum absolute atomic E-state index is 12.5. The molecular formula is C10H19F3. The number of hydrogen-bond acceptors (Lipinski definition) is 0. The zero-order valence-electron chi connectivity index (χ0n) is 9.00. The van der Waals surface area contributed by atoms with Gasteiger partial charge in [0.1, 0.15) is 0 Å². The van der Waals surface area contributed by atoms with Crippen molar-refractivity contribution in [3.05, 3.63) is 0 Å². The molecule has 0 bridgehead atoms. The molecule has 0 radical (unpaired) electrons. The quantitative estimate of drug-likeness (QED) is 0.619. The van der Waals surface area contributed by atoms with Crippen molar-refractivity contribution >= 4 is 0 Å². The van der Waals surface area contributed by atoms with Crippen LogP contribution in [0.5, 0.6) is 0 Å². The smallest absolute Gasteiger partial charge is 0.171 e. The second-order valence-electron chi connectivity index (χ2n) is 5.16. The van der Waals surface area contributed by atoms with Crippen LogP contribution < -0.4 is 0 Å². The number of hydrogen-bond donors (Lipinski definition) is 0. The third kappa shape index (κ3) is 5.17. The molecule has 0 saturated carbocycles. The number of halogens is 3. The first-order chi connectivity index (χ1) is 5.54. The largest absolute Gasteiger partial charge is 0.392 e. The molecule has 13 heavy (non-hydrogen) atoms. The molecule has 0 nitrogen and oxygen atoms in total. The van der Waals surface area contributed by atoms with Crippen LogP contribution in [0.15, 0.2) is 0 Å². The zero-order valence-corrected chi connectivity index (χ0v) is 9.00. The minimum absolute atomic E-state index is 0.203. The summed E-state index contributed by atoms with van der Waals surface area (Å²) in [5, 5.41) is 0. The summed E-state index contributed by atoms with van der Waals surface area (Å²) in [5.74, 6) is -1.51. The summed E-state index contributed by atoms with van der Waals surface area (Å²) in [7, 11) is 0. The van der Waals surface area contributed by atoms with Gasteiger partial charge in [0.25, 0.3) is 0 Å². The summed E-state index contributed by atoms with van der Waals surface area (Å²) in [5.41, 5.74) is -0.259. The minimum Gasteiger partial charge on any atom is -0.171 e. The van der Waals surface area contributed by atoms with Crippen molar-refractivity contribution in [2.45, 2.75) is 47.2 Å². The van der Waals surface area contributed by atoms with E-state index in [0.717, 1.165) is 0 Å². The van der Waals surface area contributed by atoms with E-state index in [2.05, 4.69) is 0 Å². The summed E-state index contributed by atoms with van der Waals surface area (Å²) in [4.78, 5) is 0. The van der Waals surface area contributed by atoms with Crippen LogP contribution >= 0.6 is 0 Å². The lowest BCUT2D eigenvalue weighted by Crippen LogP contribution is -2.31. The molecule has 0 aromatic rings. The summed E-state index contributed by atoms with van der Waals surface area (Å²) in [6, 6.07) is 0. The van der Waals surface area contributed by atoms with Gasteiger partial charge < -0.3 is 0 Å². The fourth-order valence-electron chi connectivity index (χ4n) is 1.39. The highest BCUT2D eigenvalue weighted by Gasteiger charge is 2.43. The first kappa shape index (κ1) is 12.8. The van der Waals surface area contributed by atoms with Gasteiger partial charge >= 0.3 is 6.18 Å². The molecule has 0 aromatic carbocycles. The van der Waals surface area contributed by atoms with Crippen molar-refractivity contribution < 1.29 is 13.2 Å². The van der Waals surface area contributed by atoms with Gasteiger partial charge in [-0.3, -0.25) is 0 Å². The van der Waals surface area contributed by atoms with E-state index in [1.807, 2.05) is 20.8 Å². The molecular weight excluding hydrogens is 177 g/mol. The first-order valence-corrected chi connectivity index (χ1v) is 4.61. The van der Waals surface area contributed by atoms with Gasteiger partial charge in [0.15, 0.2) is 0 Å². The molecule has 0 fully saturated rings. The molecule has 0 aromatic heterocycles. The lowest BCUT2D eigenvalue weighted by molar-refractivity contribution is -0.193. The van der Waals surface area contributed by atoms with E-state index in [1.165, 1.54) is 0 Å². The minimum atomic E-state index is -4.05. The topological polar surface area (TPSA) is 0 Å². The molecule has 0 spiro atoms. The molecule has 0 N–H and O–H groups in total. The van der Waals surface area contributed by atoms with Gasteiger partial charge in [-0.1, -0.05) is 34.6 Å². The molecule has 1 atom stereocenters. The lowest BCUT2D eigenvalue weighted by atomic mass is 9.79. The number of rotatable bonds is 2. The van der Waals surface area contributed by atoms with E-state index < -0.39 is 12.1 Å². The highest BCUT2D eigenvalue weighted by atomic mass is 19.4. The molecule has 0 aliphatic rings. The van der Waals surface area contributed by atoms with E-state index in [0.29, 0.717) is 0 Å². The van der Waals surface area contributed by atoms with Crippen LogP contribution in [0.3, 0.4) is 0 Å². The van der Waals surface area contributed by atoms with Crippen molar-refractivity contribution in [2.75, 3.05) is 0 Å². The molecule has 0 aliphatic carbocycles. The van der Waals surface area contributed by atoms with Crippen LogP contribution in [-0.4, -0.2) is 6.18 Å². The first-order valence-electron chi connectivity index (χ1n) is 4.61. The van der Waals surface area contributed by atoms with Crippen LogP contribution in [0.2, 0.25) is 0 Å². The SMILES string of the molecule is CC(C)C(CC(C)(C)C)C(F)(F)F. The Kier molecular flexibility index (Phi) is 3.82. The Morgan fingerprint density at radius 2 is 1.38 bits per heavy atom. The Bertz CT molecular complexity index is 151. The third-order valence-corrected chi connectivity index (χ3v) is 2.06. The molecule has 0 saturated heterocycles. The van der Waals surface area contributed by atoms with Gasteiger partial charge in [0.05, 0.1) is 5.92 Å². The average molecular weight is 196 g/mol. The van der Waals surface area contributed by atoms with E-state index in [-0.39, 0.29) is 17.8 Å². The summed E-state index contributed by atoms with van der Waals surface area (Å²) in [6.07, 6.45) is -3.85. The van der Waals surface area contributed by atoms with Crippen LogP contribution in [0.1, 0.15) is 41.0 Å². The predicted molar refractivity (Wildman–Crippen MR) is 48.5 cm³/mol. The zero-order chi connectivity index (χ0) is 10.9. The number of alkyl halides is 3. The molecule has 0 aliphatic heterocycles. The normalized spacial score (nSPS) is 16.4. The third-order valence-electron chi connectivity index (χ3n) is 2.06. The maximum Gasteiger partial charge on any atom is 0.392 e. The fraction of sp³-hybridized carbons (Fsp3) is 1.00. The molecule has 0 amide bonds. The molecule has 3 heteroatoms. The fourth-order valence-corrected chi connectivity index (χ4v) is 1.39.